The lowest BCUT2D eigenvalue weighted by atomic mass is 10.1. The molecule has 0 saturated heterocycles. The predicted octanol–water partition coefficient (Wildman–Crippen LogP) is 1.50. The number of hydrogen-bond donors (Lipinski definition) is 0. The monoisotopic (exact) mass is 330 g/mol. The van der Waals surface area contributed by atoms with Crippen LogP contribution in [0.2, 0.25) is 0 Å². The van der Waals surface area contributed by atoms with Gasteiger partial charge < -0.3 is 10.4 Å². The van der Waals surface area contributed by atoms with E-state index < -0.39 is 0 Å². The summed E-state index contributed by atoms with van der Waals surface area (Å²) in [5.41, 5.74) is 1.89. The van der Waals surface area contributed by atoms with Crippen LogP contribution in [0.1, 0.15) is 11.1 Å². The Morgan fingerprint density at radius 1 is 0.875 bits per heavy atom. The largest absolute Gasteiger partial charge is 0.775 e. The molecule has 2 heterocycles. The summed E-state index contributed by atoms with van der Waals surface area (Å²) in [5, 5.41) is 38.7. The van der Waals surface area contributed by atoms with Crippen molar-refractivity contribution in [1.29, 1.82) is 0 Å². The van der Waals surface area contributed by atoms with Gasteiger partial charge >= 0.3 is 11.8 Å². The molecule has 0 spiro atoms. The van der Waals surface area contributed by atoms with Gasteiger partial charge in [-0.15, -0.1) is 10.2 Å². The van der Waals surface area contributed by atoms with Crippen LogP contribution in [0.3, 0.4) is 0 Å². The molecule has 0 aliphatic carbocycles. The molecular weight excluding hydrogens is 320 g/mol. The topological polar surface area (TPSA) is 155 Å². The van der Waals surface area contributed by atoms with Gasteiger partial charge in [-0.2, -0.15) is 0 Å². The van der Waals surface area contributed by atoms with E-state index in [0.717, 1.165) is 11.1 Å². The first-order chi connectivity index (χ1) is 11.8. The average Bonchev–Trinajstić information content (AvgIpc) is 3.18. The quantitative estimate of drug-likeness (QED) is 0.378. The van der Waals surface area contributed by atoms with Crippen LogP contribution in [0.5, 0.6) is 0 Å². The maximum atomic E-state index is 10.0. The van der Waals surface area contributed by atoms with Crippen molar-refractivity contribution in [2.45, 2.75) is 13.1 Å². The molecule has 12 heteroatoms. The summed E-state index contributed by atoms with van der Waals surface area (Å²) >= 11 is 0. The zero-order chi connectivity index (χ0) is 16.8. The van der Waals surface area contributed by atoms with E-state index in [1.165, 1.54) is 21.8 Å². The van der Waals surface area contributed by atoms with Crippen molar-refractivity contribution in [3.8, 4) is 0 Å². The Labute approximate surface area is 133 Å². The van der Waals surface area contributed by atoms with E-state index >= 15 is 0 Å². The van der Waals surface area contributed by atoms with Gasteiger partial charge in [0.2, 0.25) is 23.6 Å². The summed E-state index contributed by atoms with van der Waals surface area (Å²) in [7, 11) is 0. The summed E-state index contributed by atoms with van der Waals surface area (Å²) in [6, 6.07) is 7.63. The molecular formula is C12H10N8O4. The highest BCUT2D eigenvalue weighted by molar-refractivity contribution is 5.22. The molecule has 0 atom stereocenters. The second kappa shape index (κ2) is 7.04. The molecule has 0 aliphatic rings. The van der Waals surface area contributed by atoms with Gasteiger partial charge in [-0.05, 0) is 15.4 Å². The molecule has 0 aliphatic heterocycles. The highest BCUT2D eigenvalue weighted by Crippen LogP contribution is 2.10. The molecule has 0 saturated carbocycles. The molecule has 1 aromatic carbocycles. The van der Waals surface area contributed by atoms with Crippen LogP contribution in [0.4, 0.5) is 11.8 Å². The molecule has 0 amide bonds. The molecule has 122 valence electrons. The molecule has 0 fully saturated rings. The van der Waals surface area contributed by atoms with Crippen LogP contribution in [0.25, 0.3) is 0 Å². The average molecular weight is 330 g/mol. The molecule has 3 aromatic rings. The minimum Gasteiger partial charge on any atom is -0.775 e. The van der Waals surface area contributed by atoms with Crippen molar-refractivity contribution < 1.29 is 18.4 Å². The first-order valence-corrected chi connectivity index (χ1v) is 6.64. The Morgan fingerprint density at radius 2 is 1.38 bits per heavy atom. The van der Waals surface area contributed by atoms with Crippen molar-refractivity contribution in [2.24, 2.45) is 20.8 Å². The summed E-state index contributed by atoms with van der Waals surface area (Å²) in [5.74, 6) is 0.0544. The zero-order valence-corrected chi connectivity index (χ0v) is 12.1. The maximum absolute atomic E-state index is 10.0. The third kappa shape index (κ3) is 3.73. The maximum Gasteiger partial charge on any atom is 0.339 e. The minimum atomic E-state index is 0.0272. The fourth-order valence-corrected chi connectivity index (χ4v) is 2.06. The summed E-state index contributed by atoms with van der Waals surface area (Å²) in [6.45, 7) is 0.843. The first kappa shape index (κ1) is 15.2. The van der Waals surface area contributed by atoms with E-state index in [4.69, 9.17) is 9.05 Å². The normalized spacial score (nSPS) is 11.7. The number of nitrogens with zero attached hydrogens (tertiary/aromatic N) is 8. The van der Waals surface area contributed by atoms with Crippen LogP contribution in [0, 0.1) is 10.4 Å². The van der Waals surface area contributed by atoms with Crippen LogP contribution < -0.4 is 9.36 Å². The van der Waals surface area contributed by atoms with Gasteiger partial charge in [-0.1, -0.05) is 18.2 Å². The van der Waals surface area contributed by atoms with E-state index in [1.807, 2.05) is 24.3 Å². The summed E-state index contributed by atoms with van der Waals surface area (Å²) < 4.78 is 12.6. The van der Waals surface area contributed by atoms with Gasteiger partial charge in [0.05, 0.1) is 0 Å². The number of benzene rings is 1. The zero-order valence-electron chi connectivity index (χ0n) is 12.1. The van der Waals surface area contributed by atoms with Crippen molar-refractivity contribution in [1.82, 2.24) is 10.5 Å². The fraction of sp³-hybridized carbons (Fsp3) is 0.167. The third-order valence-corrected chi connectivity index (χ3v) is 2.96. The summed E-state index contributed by atoms with van der Waals surface area (Å²) in [4.78, 5) is 0. The van der Waals surface area contributed by atoms with Gasteiger partial charge in [0.25, 0.3) is 12.4 Å². The molecule has 0 radical (unpaired) electrons. The van der Waals surface area contributed by atoms with Gasteiger partial charge in [0.15, 0.2) is 0 Å². The second-order valence-electron chi connectivity index (χ2n) is 4.66. The Morgan fingerprint density at radius 3 is 1.83 bits per heavy atom. The SMILES string of the molecule is [O-]/N=N/c1c[n+](Cc2cccc(C[n+]3cc(/N=N/[O-])on3)c2)no1. The minimum absolute atomic E-state index is 0.0272. The van der Waals surface area contributed by atoms with E-state index in [1.54, 1.807) is 0 Å². The van der Waals surface area contributed by atoms with Crippen LogP contribution >= 0.6 is 0 Å². The second-order valence-corrected chi connectivity index (χ2v) is 4.66. The molecule has 24 heavy (non-hydrogen) atoms. The number of aromatic nitrogens is 4. The van der Waals surface area contributed by atoms with Gasteiger partial charge in [-0.25, -0.2) is 10.6 Å². The molecule has 0 bridgehead atoms. The number of rotatable bonds is 6. The lowest BCUT2D eigenvalue weighted by Gasteiger charge is -1.96. The standard InChI is InChI=1S/C12H10N8O4/c21-15-13-11-7-19(17-23-11)5-9-2-1-3-10(4-9)6-20-8-12(14-16-22)24-18-20/h1-4,7-8H,5-6H2. The highest BCUT2D eigenvalue weighted by atomic mass is 16.5. The molecule has 0 N–H and O–H groups in total. The Hall–Kier alpha value is -3.70. The van der Waals surface area contributed by atoms with Crippen LogP contribution in [0.15, 0.2) is 66.5 Å². The molecule has 0 unspecified atom stereocenters. The fourth-order valence-electron chi connectivity index (χ4n) is 2.06. The van der Waals surface area contributed by atoms with Crippen LogP contribution in [-0.2, 0) is 13.1 Å². The number of hydrogen-bond acceptors (Lipinski definition) is 10. The van der Waals surface area contributed by atoms with E-state index in [2.05, 4.69) is 31.3 Å². The van der Waals surface area contributed by atoms with Gasteiger partial charge in [-0.3, -0.25) is 9.05 Å². The lowest BCUT2D eigenvalue weighted by molar-refractivity contribution is -0.755. The van der Waals surface area contributed by atoms with Crippen molar-refractivity contribution >= 4 is 11.8 Å². The van der Waals surface area contributed by atoms with E-state index in [9.17, 15) is 10.4 Å². The highest BCUT2D eigenvalue weighted by Gasteiger charge is 2.14. The van der Waals surface area contributed by atoms with Gasteiger partial charge in [0, 0.05) is 11.1 Å². The third-order valence-electron chi connectivity index (χ3n) is 2.96. The molecule has 3 rings (SSSR count). The summed E-state index contributed by atoms with van der Waals surface area (Å²) in [6.07, 6.45) is 2.92. The van der Waals surface area contributed by atoms with Gasteiger partial charge in [0.1, 0.15) is 0 Å². The predicted molar refractivity (Wildman–Crippen MR) is 73.8 cm³/mol. The first-order valence-electron chi connectivity index (χ1n) is 6.64. The Bertz CT molecular complexity index is 804. The van der Waals surface area contributed by atoms with Crippen molar-refractivity contribution in [3.63, 3.8) is 0 Å². The Balaban J connectivity index is 1.70. The smallest absolute Gasteiger partial charge is 0.339 e. The molecule has 2 aromatic heterocycles. The Kier molecular flexibility index (Phi) is 4.46. The lowest BCUT2D eigenvalue weighted by Crippen LogP contribution is -2.36. The van der Waals surface area contributed by atoms with Crippen molar-refractivity contribution in [3.05, 3.63) is 58.2 Å². The van der Waals surface area contributed by atoms with Crippen LogP contribution in [-0.4, -0.2) is 10.5 Å². The van der Waals surface area contributed by atoms with E-state index in [0.29, 0.717) is 13.1 Å². The molecule has 12 nitrogen and oxygen atoms in total. The van der Waals surface area contributed by atoms with Crippen molar-refractivity contribution in [2.75, 3.05) is 0 Å². The van der Waals surface area contributed by atoms with E-state index in [-0.39, 0.29) is 11.8 Å².